The molecule has 5 rings (SSSR count). The van der Waals surface area contributed by atoms with Gasteiger partial charge in [-0.15, -0.1) is 0 Å². The minimum atomic E-state index is -0.943. The van der Waals surface area contributed by atoms with Crippen molar-refractivity contribution in [3.63, 3.8) is 0 Å². The van der Waals surface area contributed by atoms with Gasteiger partial charge in [0.1, 0.15) is 11.8 Å². The van der Waals surface area contributed by atoms with Crippen LogP contribution in [0.1, 0.15) is 40.0 Å². The minimum absolute atomic E-state index is 0.104. The summed E-state index contributed by atoms with van der Waals surface area (Å²) in [7, 11) is 3.68. The molecule has 4 amide bonds. The zero-order valence-electron chi connectivity index (χ0n) is 19.1. The first-order valence-electron chi connectivity index (χ1n) is 11.4. The SMILES string of the molecule is CN1CC[C@@H](N2CCNCC2)C1.COc1ccc2c(c1)C(=O)N(C1CCC(=O)NC1=O)C2=O. The van der Waals surface area contributed by atoms with Crippen molar-refractivity contribution in [3.8, 4) is 5.75 Å². The van der Waals surface area contributed by atoms with Crippen molar-refractivity contribution >= 4 is 23.6 Å². The van der Waals surface area contributed by atoms with E-state index >= 15 is 0 Å². The fourth-order valence-corrected chi connectivity index (χ4v) is 4.83. The normalized spacial score (nSPS) is 26.1. The van der Waals surface area contributed by atoms with Crippen LogP contribution in [-0.2, 0) is 9.59 Å². The van der Waals surface area contributed by atoms with Crippen LogP contribution in [0.25, 0.3) is 0 Å². The summed E-state index contributed by atoms with van der Waals surface area (Å²) in [5, 5.41) is 5.54. The van der Waals surface area contributed by atoms with Crippen LogP contribution in [0, 0.1) is 0 Å². The van der Waals surface area contributed by atoms with Gasteiger partial charge in [-0.3, -0.25) is 34.3 Å². The van der Waals surface area contributed by atoms with Gasteiger partial charge in [-0.05, 0) is 44.6 Å². The largest absolute Gasteiger partial charge is 0.497 e. The molecule has 0 radical (unpaired) electrons. The Labute approximate surface area is 193 Å². The molecule has 1 unspecified atom stereocenters. The van der Waals surface area contributed by atoms with E-state index in [-0.39, 0.29) is 24.0 Å². The lowest BCUT2D eigenvalue weighted by molar-refractivity contribution is -0.136. The summed E-state index contributed by atoms with van der Waals surface area (Å²) in [6.07, 6.45) is 1.62. The van der Waals surface area contributed by atoms with E-state index in [1.807, 2.05) is 0 Å². The van der Waals surface area contributed by atoms with E-state index in [0.29, 0.717) is 5.75 Å². The van der Waals surface area contributed by atoms with Gasteiger partial charge in [0.15, 0.2) is 0 Å². The van der Waals surface area contributed by atoms with Crippen LogP contribution < -0.4 is 15.4 Å². The van der Waals surface area contributed by atoms with E-state index in [4.69, 9.17) is 4.74 Å². The Hall–Kier alpha value is -2.82. The summed E-state index contributed by atoms with van der Waals surface area (Å²) in [5.41, 5.74) is 0.453. The van der Waals surface area contributed by atoms with Gasteiger partial charge in [-0.1, -0.05) is 0 Å². The van der Waals surface area contributed by atoms with Gasteiger partial charge in [0, 0.05) is 45.2 Å². The molecule has 1 aromatic rings. The first-order valence-corrected chi connectivity index (χ1v) is 11.4. The van der Waals surface area contributed by atoms with Gasteiger partial charge in [0.25, 0.3) is 11.8 Å². The second-order valence-electron chi connectivity index (χ2n) is 8.85. The number of methoxy groups -OCH3 is 1. The number of likely N-dealkylation sites (N-methyl/N-ethyl adjacent to an activating group) is 1. The van der Waals surface area contributed by atoms with Crippen LogP contribution in [-0.4, -0.2) is 104 Å². The fourth-order valence-electron chi connectivity index (χ4n) is 4.83. The van der Waals surface area contributed by atoms with Crippen molar-refractivity contribution in [1.82, 2.24) is 25.3 Å². The summed E-state index contributed by atoms with van der Waals surface area (Å²) in [6.45, 7) is 7.42. The zero-order valence-corrected chi connectivity index (χ0v) is 19.1. The average molecular weight is 458 g/mol. The molecule has 2 N–H and O–H groups in total. The van der Waals surface area contributed by atoms with Crippen LogP contribution in [0.4, 0.5) is 0 Å². The smallest absolute Gasteiger partial charge is 0.262 e. The molecule has 4 heterocycles. The van der Waals surface area contributed by atoms with E-state index in [1.165, 1.54) is 64.9 Å². The third-order valence-electron chi connectivity index (χ3n) is 6.68. The highest BCUT2D eigenvalue weighted by molar-refractivity contribution is 6.23. The number of rotatable bonds is 3. The van der Waals surface area contributed by atoms with Gasteiger partial charge in [0.05, 0.1) is 18.2 Å². The molecule has 0 bridgehead atoms. The van der Waals surface area contributed by atoms with Crippen LogP contribution >= 0.6 is 0 Å². The quantitative estimate of drug-likeness (QED) is 0.595. The molecule has 178 valence electrons. The number of carbonyl (C=O) groups excluding carboxylic acids is 4. The predicted molar refractivity (Wildman–Crippen MR) is 120 cm³/mol. The van der Waals surface area contributed by atoms with E-state index in [0.717, 1.165) is 10.9 Å². The van der Waals surface area contributed by atoms with Crippen molar-refractivity contribution in [3.05, 3.63) is 29.3 Å². The molecule has 2 atom stereocenters. The lowest BCUT2D eigenvalue weighted by Gasteiger charge is -2.32. The number of nitrogens with zero attached hydrogens (tertiary/aromatic N) is 3. The summed E-state index contributed by atoms with van der Waals surface area (Å²) >= 11 is 0. The molecule has 0 saturated carbocycles. The molecular weight excluding hydrogens is 426 g/mol. The maximum Gasteiger partial charge on any atom is 0.262 e. The molecule has 4 aliphatic heterocycles. The topological polar surface area (TPSA) is 111 Å². The predicted octanol–water partition coefficient (Wildman–Crippen LogP) is -0.308. The molecule has 10 nitrogen and oxygen atoms in total. The van der Waals surface area contributed by atoms with E-state index in [9.17, 15) is 19.2 Å². The molecule has 0 spiro atoms. The number of hydrogen-bond acceptors (Lipinski definition) is 8. The van der Waals surface area contributed by atoms with E-state index in [2.05, 4.69) is 27.5 Å². The van der Waals surface area contributed by atoms with Gasteiger partial charge in [-0.25, -0.2) is 0 Å². The van der Waals surface area contributed by atoms with Gasteiger partial charge >= 0.3 is 0 Å². The monoisotopic (exact) mass is 457 g/mol. The molecule has 4 aliphatic rings. The first kappa shape index (κ1) is 23.3. The molecular formula is C23H31N5O5. The van der Waals surface area contributed by atoms with Crippen LogP contribution in [0.3, 0.4) is 0 Å². The highest BCUT2D eigenvalue weighted by Gasteiger charge is 2.44. The zero-order chi connectivity index (χ0) is 23.5. The summed E-state index contributed by atoms with van der Waals surface area (Å²) in [6, 6.07) is 4.46. The highest BCUT2D eigenvalue weighted by Crippen LogP contribution is 2.30. The Kier molecular flexibility index (Phi) is 7.06. The van der Waals surface area contributed by atoms with Gasteiger partial charge in [-0.2, -0.15) is 0 Å². The van der Waals surface area contributed by atoms with Crippen LogP contribution in [0.2, 0.25) is 0 Å². The number of likely N-dealkylation sites (tertiary alicyclic amines) is 1. The van der Waals surface area contributed by atoms with Crippen LogP contribution in [0.5, 0.6) is 5.75 Å². The van der Waals surface area contributed by atoms with Crippen molar-refractivity contribution < 1.29 is 23.9 Å². The first-order chi connectivity index (χ1) is 15.9. The molecule has 1 aromatic carbocycles. The second-order valence-corrected chi connectivity index (χ2v) is 8.85. The maximum atomic E-state index is 12.4. The van der Waals surface area contributed by atoms with Crippen molar-refractivity contribution in [1.29, 1.82) is 0 Å². The molecule has 33 heavy (non-hydrogen) atoms. The standard InChI is InChI=1S/C14H12N2O5.C9H19N3/c1-21-7-2-3-8-9(6-7)14(20)16(13(8)19)10-4-5-11(17)15-12(10)18;1-11-5-2-9(8-11)12-6-3-10-4-7-12/h2-3,6,10H,4-5H2,1H3,(H,15,17,18);9-10H,2-8H2,1H3/t;9-/m.1/s1. The summed E-state index contributed by atoms with van der Waals surface area (Å²) in [4.78, 5) is 53.7. The Morgan fingerprint density at radius 1 is 0.970 bits per heavy atom. The van der Waals surface area contributed by atoms with Crippen LogP contribution in [0.15, 0.2) is 18.2 Å². The van der Waals surface area contributed by atoms with Crippen molar-refractivity contribution in [2.45, 2.75) is 31.3 Å². The number of piperidine rings is 1. The molecule has 3 fully saturated rings. The maximum absolute atomic E-state index is 12.4. The number of ether oxygens (including phenoxy) is 1. The number of amides is 4. The van der Waals surface area contributed by atoms with E-state index < -0.39 is 29.7 Å². The molecule has 3 saturated heterocycles. The number of nitrogens with one attached hydrogen (secondary N) is 2. The van der Waals surface area contributed by atoms with Crippen molar-refractivity contribution in [2.24, 2.45) is 0 Å². The molecule has 0 aromatic heterocycles. The van der Waals surface area contributed by atoms with Gasteiger partial charge < -0.3 is 15.0 Å². The number of hydrogen-bond donors (Lipinski definition) is 2. The minimum Gasteiger partial charge on any atom is -0.497 e. The molecule has 0 aliphatic carbocycles. The Morgan fingerprint density at radius 3 is 2.33 bits per heavy atom. The number of piperazine rings is 1. The Balaban J connectivity index is 0.000000183. The third kappa shape index (κ3) is 4.92. The third-order valence-corrected chi connectivity index (χ3v) is 6.68. The van der Waals surface area contributed by atoms with Crippen molar-refractivity contribution in [2.75, 3.05) is 53.4 Å². The molecule has 10 heteroatoms. The second kappa shape index (κ2) is 9.98. The van der Waals surface area contributed by atoms with Gasteiger partial charge in [0.2, 0.25) is 11.8 Å². The Morgan fingerprint density at radius 2 is 1.70 bits per heavy atom. The highest BCUT2D eigenvalue weighted by atomic mass is 16.5. The number of fused-ring (bicyclic) bond motifs is 1. The lowest BCUT2D eigenvalue weighted by atomic mass is 10.0. The lowest BCUT2D eigenvalue weighted by Crippen LogP contribution is -2.54. The number of imide groups is 2. The summed E-state index contributed by atoms with van der Waals surface area (Å²) < 4.78 is 5.03. The Bertz CT molecular complexity index is 942. The fraction of sp³-hybridized carbons (Fsp3) is 0.565. The number of benzene rings is 1. The summed E-state index contributed by atoms with van der Waals surface area (Å²) in [5.74, 6) is -1.61. The number of carbonyl (C=O) groups is 4. The average Bonchev–Trinajstić information content (AvgIpc) is 3.36. The van der Waals surface area contributed by atoms with E-state index in [1.54, 1.807) is 6.07 Å².